The summed E-state index contributed by atoms with van der Waals surface area (Å²) >= 11 is 6.60. The maximum absolute atomic E-state index is 12.1. The van der Waals surface area contributed by atoms with Gasteiger partial charge < -0.3 is 10.6 Å². The predicted molar refractivity (Wildman–Crippen MR) is 83.0 cm³/mol. The van der Waals surface area contributed by atoms with Crippen molar-refractivity contribution in [3.8, 4) is 0 Å². The minimum absolute atomic E-state index is 0.0910. The zero-order chi connectivity index (χ0) is 14.3. The highest BCUT2D eigenvalue weighted by Gasteiger charge is 2.47. The highest BCUT2D eigenvalue weighted by atomic mass is 32.2. The number of carbonyl (C=O) groups excluding carboxylic acids is 2. The van der Waals surface area contributed by atoms with Crippen LogP contribution in [0.25, 0.3) is 0 Å². The lowest BCUT2D eigenvalue weighted by Gasteiger charge is -2.34. The van der Waals surface area contributed by atoms with E-state index in [1.54, 1.807) is 17.8 Å². The van der Waals surface area contributed by atoms with E-state index in [9.17, 15) is 9.59 Å². The third kappa shape index (κ3) is 4.04. The summed E-state index contributed by atoms with van der Waals surface area (Å²) in [4.78, 5) is 24.3. The van der Waals surface area contributed by atoms with Crippen LogP contribution in [-0.2, 0) is 9.59 Å². The zero-order valence-electron chi connectivity index (χ0n) is 11.2. The summed E-state index contributed by atoms with van der Waals surface area (Å²) < 4.78 is 0. The molecular weight excluding hydrogens is 280 g/mol. The summed E-state index contributed by atoms with van der Waals surface area (Å²) in [5, 5.41) is 5.17. The second-order valence-corrected chi connectivity index (χ2v) is 6.16. The maximum Gasteiger partial charge on any atom is 0.242 e. The summed E-state index contributed by atoms with van der Waals surface area (Å²) in [5.74, 6) is 1.22. The molecule has 1 saturated heterocycles. The Labute approximate surface area is 123 Å². The van der Waals surface area contributed by atoms with Crippen molar-refractivity contribution in [3.05, 3.63) is 12.7 Å². The lowest BCUT2D eigenvalue weighted by molar-refractivity contribution is -0.143. The lowest BCUT2D eigenvalue weighted by Crippen LogP contribution is -2.62. The predicted octanol–water partition coefficient (Wildman–Crippen LogP) is 2.00. The van der Waals surface area contributed by atoms with Gasteiger partial charge in [0.25, 0.3) is 0 Å². The van der Waals surface area contributed by atoms with Gasteiger partial charge in [-0.3, -0.25) is 9.59 Å². The molecule has 1 fully saturated rings. The smallest absolute Gasteiger partial charge is 0.242 e. The normalized spacial score (nSPS) is 17.8. The summed E-state index contributed by atoms with van der Waals surface area (Å²) in [6.07, 6.45) is 4.77. The number of thioether (sulfide) groups is 1. The molecule has 0 bridgehead atoms. The van der Waals surface area contributed by atoms with E-state index >= 15 is 0 Å². The molecule has 0 radical (unpaired) electrons. The first kappa shape index (κ1) is 16.2. The number of allylic oxidation sites excluding steroid dienone is 1. The first-order valence-electron chi connectivity index (χ1n) is 6.42. The van der Waals surface area contributed by atoms with Crippen molar-refractivity contribution in [3.63, 3.8) is 0 Å². The van der Waals surface area contributed by atoms with Gasteiger partial charge in [-0.2, -0.15) is 11.8 Å². The number of amides is 2. The number of hydrogen-bond donors (Lipinski definition) is 2. The fourth-order valence-corrected chi connectivity index (χ4v) is 3.31. The molecule has 0 atom stereocenters. The molecule has 0 aromatic heterocycles. The molecule has 0 aliphatic carbocycles. The quantitative estimate of drug-likeness (QED) is 0.311. The minimum Gasteiger partial charge on any atom is -0.302 e. The average molecular weight is 300 g/mol. The molecule has 6 heteroatoms. The Morgan fingerprint density at radius 2 is 1.95 bits per heavy atom. The molecule has 0 saturated carbocycles. The van der Waals surface area contributed by atoms with Crippen molar-refractivity contribution in [1.82, 2.24) is 10.6 Å². The van der Waals surface area contributed by atoms with E-state index in [0.717, 1.165) is 24.3 Å². The third-order valence-electron chi connectivity index (χ3n) is 3.13. The van der Waals surface area contributed by atoms with Crippen LogP contribution in [0.4, 0.5) is 0 Å². The van der Waals surface area contributed by atoms with E-state index in [1.807, 2.05) is 0 Å². The topological polar surface area (TPSA) is 58.2 Å². The fourth-order valence-electron chi connectivity index (χ4n) is 1.94. The zero-order valence-corrected chi connectivity index (χ0v) is 12.8. The SMILES string of the molecule is C=CCC1(CCSCCCC)C(=O)NC(=S)NC1=O. The molecule has 19 heavy (non-hydrogen) atoms. The summed E-state index contributed by atoms with van der Waals surface area (Å²) in [5.41, 5.74) is -1.05. The van der Waals surface area contributed by atoms with E-state index in [0.29, 0.717) is 12.8 Å². The molecule has 0 aromatic rings. The molecule has 106 valence electrons. The number of rotatable bonds is 8. The molecule has 1 aliphatic rings. The number of thiocarbonyl (C=S) groups is 1. The maximum atomic E-state index is 12.1. The van der Waals surface area contributed by atoms with Crippen LogP contribution in [-0.4, -0.2) is 28.4 Å². The van der Waals surface area contributed by atoms with Crippen LogP contribution < -0.4 is 10.6 Å². The molecule has 2 amide bonds. The van der Waals surface area contributed by atoms with Gasteiger partial charge in [-0.05, 0) is 43.0 Å². The number of carbonyl (C=O) groups is 2. The van der Waals surface area contributed by atoms with Gasteiger partial charge in [0.15, 0.2) is 5.11 Å². The number of hydrogen-bond acceptors (Lipinski definition) is 4. The largest absolute Gasteiger partial charge is 0.302 e. The average Bonchev–Trinajstić information content (AvgIpc) is 2.35. The monoisotopic (exact) mass is 300 g/mol. The Morgan fingerprint density at radius 1 is 1.32 bits per heavy atom. The second kappa shape index (κ2) is 7.65. The second-order valence-electron chi connectivity index (χ2n) is 4.53. The van der Waals surface area contributed by atoms with Crippen LogP contribution >= 0.6 is 24.0 Å². The van der Waals surface area contributed by atoms with Gasteiger partial charge in [0, 0.05) is 0 Å². The first-order valence-corrected chi connectivity index (χ1v) is 7.98. The summed E-state index contributed by atoms with van der Waals surface area (Å²) in [6.45, 7) is 5.79. The third-order valence-corrected chi connectivity index (χ3v) is 4.41. The molecule has 1 heterocycles. The van der Waals surface area contributed by atoms with Crippen LogP contribution in [0.15, 0.2) is 12.7 Å². The molecule has 0 spiro atoms. The Morgan fingerprint density at radius 3 is 2.47 bits per heavy atom. The number of unbranched alkanes of at least 4 members (excludes halogenated alkanes) is 1. The van der Waals surface area contributed by atoms with Crippen LogP contribution in [0.3, 0.4) is 0 Å². The Hall–Kier alpha value is -0.880. The van der Waals surface area contributed by atoms with Gasteiger partial charge in [0.1, 0.15) is 5.41 Å². The molecule has 0 unspecified atom stereocenters. The van der Waals surface area contributed by atoms with Crippen molar-refractivity contribution in [2.24, 2.45) is 5.41 Å². The number of nitrogens with one attached hydrogen (secondary N) is 2. The van der Waals surface area contributed by atoms with E-state index in [4.69, 9.17) is 12.2 Å². The van der Waals surface area contributed by atoms with Crippen LogP contribution in [0, 0.1) is 5.41 Å². The van der Waals surface area contributed by atoms with Crippen molar-refractivity contribution < 1.29 is 9.59 Å². The van der Waals surface area contributed by atoms with Crippen molar-refractivity contribution in [2.75, 3.05) is 11.5 Å². The van der Waals surface area contributed by atoms with Crippen LogP contribution in [0.2, 0.25) is 0 Å². The van der Waals surface area contributed by atoms with Gasteiger partial charge in [0.2, 0.25) is 11.8 Å². The molecule has 1 rings (SSSR count). The molecule has 2 N–H and O–H groups in total. The van der Waals surface area contributed by atoms with Gasteiger partial charge >= 0.3 is 0 Å². The van der Waals surface area contributed by atoms with E-state index < -0.39 is 5.41 Å². The van der Waals surface area contributed by atoms with Crippen molar-refractivity contribution in [2.45, 2.75) is 32.6 Å². The summed E-state index contributed by atoms with van der Waals surface area (Å²) in [6, 6.07) is 0. The van der Waals surface area contributed by atoms with E-state index in [-0.39, 0.29) is 16.9 Å². The van der Waals surface area contributed by atoms with Crippen molar-refractivity contribution >= 4 is 40.9 Å². The Bertz CT molecular complexity index is 363. The molecular formula is C13H20N2O2S2. The fraction of sp³-hybridized carbons (Fsp3) is 0.615. The van der Waals surface area contributed by atoms with Gasteiger partial charge in [-0.25, -0.2) is 0 Å². The van der Waals surface area contributed by atoms with E-state index in [1.165, 1.54) is 0 Å². The first-order chi connectivity index (χ1) is 9.06. The molecule has 1 aliphatic heterocycles. The molecule has 0 aromatic carbocycles. The highest BCUT2D eigenvalue weighted by Crippen LogP contribution is 2.31. The lowest BCUT2D eigenvalue weighted by atomic mass is 9.78. The Balaban J connectivity index is 2.67. The Kier molecular flexibility index (Phi) is 6.51. The standard InChI is InChI=1S/C13H20N2O2S2/c1-3-5-8-19-9-7-13(6-4-2)10(16)14-12(18)15-11(13)17/h4H,2-3,5-9H2,1H3,(H2,14,15,16,17,18). The van der Waals surface area contributed by atoms with E-state index in [2.05, 4.69) is 24.1 Å². The van der Waals surface area contributed by atoms with Crippen molar-refractivity contribution in [1.29, 1.82) is 0 Å². The molecule has 4 nitrogen and oxygen atoms in total. The van der Waals surface area contributed by atoms with Crippen LogP contribution in [0.1, 0.15) is 32.6 Å². The van der Waals surface area contributed by atoms with Gasteiger partial charge in [-0.15, -0.1) is 6.58 Å². The minimum atomic E-state index is -1.05. The highest BCUT2D eigenvalue weighted by molar-refractivity contribution is 7.99. The summed E-state index contributed by atoms with van der Waals surface area (Å²) in [7, 11) is 0. The van der Waals surface area contributed by atoms with Crippen LogP contribution in [0.5, 0.6) is 0 Å². The van der Waals surface area contributed by atoms with Gasteiger partial charge in [0.05, 0.1) is 0 Å². The van der Waals surface area contributed by atoms with Gasteiger partial charge in [-0.1, -0.05) is 19.4 Å².